The van der Waals surface area contributed by atoms with Crippen molar-refractivity contribution in [1.82, 2.24) is 10.3 Å². The van der Waals surface area contributed by atoms with Crippen LogP contribution >= 0.6 is 23.2 Å². The number of aromatic nitrogens is 1. The molecule has 0 aliphatic rings. The van der Waals surface area contributed by atoms with Gasteiger partial charge in [-0.3, -0.25) is 4.98 Å². The second-order valence-electron chi connectivity index (χ2n) is 3.82. The van der Waals surface area contributed by atoms with Crippen molar-refractivity contribution in [2.75, 3.05) is 7.05 Å². The Morgan fingerprint density at radius 2 is 2.00 bits per heavy atom. The van der Waals surface area contributed by atoms with Crippen LogP contribution in [-0.4, -0.2) is 12.0 Å². The van der Waals surface area contributed by atoms with Gasteiger partial charge in [-0.25, -0.2) is 4.39 Å². The number of hydrogen-bond donors (Lipinski definition) is 1. The Balaban J connectivity index is 2.45. The number of benzene rings is 1. The first-order valence-electron chi connectivity index (χ1n) is 5.34. The molecule has 2 nitrogen and oxygen atoms in total. The summed E-state index contributed by atoms with van der Waals surface area (Å²) < 4.78 is 13.2. The molecule has 0 saturated heterocycles. The third kappa shape index (κ3) is 2.80. The summed E-state index contributed by atoms with van der Waals surface area (Å²) in [6, 6.07) is 6.43. The van der Waals surface area contributed by atoms with Crippen LogP contribution in [0.4, 0.5) is 4.39 Å². The van der Waals surface area contributed by atoms with Gasteiger partial charge in [-0.05, 0) is 36.4 Å². The second kappa shape index (κ2) is 5.65. The Kier molecular flexibility index (Phi) is 4.17. The number of halogens is 3. The third-order valence-electron chi connectivity index (χ3n) is 2.62. The first kappa shape index (κ1) is 13.3. The van der Waals surface area contributed by atoms with Crippen LogP contribution in [-0.2, 0) is 0 Å². The maximum absolute atomic E-state index is 13.2. The van der Waals surface area contributed by atoms with E-state index >= 15 is 0 Å². The minimum Gasteiger partial charge on any atom is -0.309 e. The molecule has 2 aromatic rings. The quantitative estimate of drug-likeness (QED) is 0.926. The minimum absolute atomic E-state index is 0.224. The van der Waals surface area contributed by atoms with Crippen molar-refractivity contribution < 1.29 is 4.39 Å². The van der Waals surface area contributed by atoms with Crippen molar-refractivity contribution >= 4 is 23.2 Å². The van der Waals surface area contributed by atoms with Crippen LogP contribution in [0.3, 0.4) is 0 Å². The number of pyridine rings is 1. The van der Waals surface area contributed by atoms with Gasteiger partial charge < -0.3 is 5.32 Å². The fourth-order valence-electron chi connectivity index (χ4n) is 1.82. The van der Waals surface area contributed by atoms with Crippen LogP contribution in [0.5, 0.6) is 0 Å². The van der Waals surface area contributed by atoms with Crippen molar-refractivity contribution in [1.29, 1.82) is 0 Å². The van der Waals surface area contributed by atoms with Gasteiger partial charge in [0, 0.05) is 16.2 Å². The predicted octanol–water partition coefficient (Wildman–Crippen LogP) is 3.84. The van der Waals surface area contributed by atoms with E-state index in [1.54, 1.807) is 25.4 Å². The zero-order valence-electron chi connectivity index (χ0n) is 9.62. The van der Waals surface area contributed by atoms with E-state index in [4.69, 9.17) is 23.2 Å². The molecule has 94 valence electrons. The Bertz CT molecular complexity index is 560. The molecule has 0 aliphatic heterocycles. The van der Waals surface area contributed by atoms with Crippen LogP contribution in [0.25, 0.3) is 0 Å². The molecule has 1 aromatic heterocycles. The van der Waals surface area contributed by atoms with Gasteiger partial charge >= 0.3 is 0 Å². The molecule has 1 N–H and O–H groups in total. The number of nitrogens with zero attached hydrogens (tertiary/aromatic N) is 1. The fourth-order valence-corrected chi connectivity index (χ4v) is 2.34. The standard InChI is InChI=1S/C13H11Cl2FN2/c1-17-13(8-4-10(16)7-18-6-8)11-3-2-9(14)5-12(11)15/h2-7,13,17H,1H3. The van der Waals surface area contributed by atoms with E-state index in [1.165, 1.54) is 12.3 Å². The van der Waals surface area contributed by atoms with Gasteiger partial charge in [0.15, 0.2) is 0 Å². The van der Waals surface area contributed by atoms with E-state index in [0.717, 1.165) is 5.56 Å². The molecule has 2 rings (SSSR count). The molecule has 18 heavy (non-hydrogen) atoms. The van der Waals surface area contributed by atoms with Gasteiger partial charge in [-0.2, -0.15) is 0 Å². The molecule has 0 saturated carbocycles. The zero-order chi connectivity index (χ0) is 13.1. The van der Waals surface area contributed by atoms with Gasteiger partial charge in [0.05, 0.1) is 12.2 Å². The summed E-state index contributed by atoms with van der Waals surface area (Å²) in [7, 11) is 1.78. The van der Waals surface area contributed by atoms with E-state index in [9.17, 15) is 4.39 Å². The average molecular weight is 285 g/mol. The van der Waals surface area contributed by atoms with Crippen molar-refractivity contribution in [2.24, 2.45) is 0 Å². The van der Waals surface area contributed by atoms with E-state index < -0.39 is 0 Å². The molecule has 1 atom stereocenters. The highest BCUT2D eigenvalue weighted by molar-refractivity contribution is 6.35. The van der Waals surface area contributed by atoms with E-state index in [2.05, 4.69) is 10.3 Å². The number of nitrogens with one attached hydrogen (secondary N) is 1. The normalized spacial score (nSPS) is 12.4. The lowest BCUT2D eigenvalue weighted by molar-refractivity contribution is 0.609. The number of hydrogen-bond acceptors (Lipinski definition) is 2. The molecule has 0 fully saturated rings. The lowest BCUT2D eigenvalue weighted by Crippen LogP contribution is -2.18. The Morgan fingerprint density at radius 1 is 1.22 bits per heavy atom. The third-order valence-corrected chi connectivity index (χ3v) is 3.18. The van der Waals surface area contributed by atoms with Gasteiger partial charge in [-0.15, -0.1) is 0 Å². The Morgan fingerprint density at radius 3 is 2.61 bits per heavy atom. The predicted molar refractivity (Wildman–Crippen MR) is 71.6 cm³/mol. The molecular formula is C13H11Cl2FN2. The highest BCUT2D eigenvalue weighted by Crippen LogP contribution is 2.30. The molecule has 0 radical (unpaired) electrons. The van der Waals surface area contributed by atoms with Crippen LogP contribution in [0.15, 0.2) is 36.7 Å². The molecule has 1 heterocycles. The summed E-state index contributed by atoms with van der Waals surface area (Å²) in [4.78, 5) is 3.84. The first-order valence-corrected chi connectivity index (χ1v) is 6.10. The summed E-state index contributed by atoms with van der Waals surface area (Å²) in [5.41, 5.74) is 1.54. The maximum atomic E-state index is 13.2. The zero-order valence-corrected chi connectivity index (χ0v) is 11.1. The summed E-state index contributed by atoms with van der Waals surface area (Å²) in [5, 5.41) is 4.19. The van der Waals surface area contributed by atoms with E-state index in [1.807, 2.05) is 6.07 Å². The highest BCUT2D eigenvalue weighted by Gasteiger charge is 2.16. The first-order chi connectivity index (χ1) is 8.61. The monoisotopic (exact) mass is 284 g/mol. The smallest absolute Gasteiger partial charge is 0.141 e. The largest absolute Gasteiger partial charge is 0.309 e. The summed E-state index contributed by atoms with van der Waals surface area (Å²) in [6.07, 6.45) is 2.77. The molecule has 0 amide bonds. The highest BCUT2D eigenvalue weighted by atomic mass is 35.5. The van der Waals surface area contributed by atoms with Gasteiger partial charge in [0.1, 0.15) is 5.82 Å². The van der Waals surface area contributed by atoms with Gasteiger partial charge in [0.25, 0.3) is 0 Å². The Hall–Kier alpha value is -1.16. The van der Waals surface area contributed by atoms with Crippen LogP contribution in [0.2, 0.25) is 10.0 Å². The van der Waals surface area contributed by atoms with Crippen LogP contribution < -0.4 is 5.32 Å². The molecule has 5 heteroatoms. The second-order valence-corrected chi connectivity index (χ2v) is 4.67. The van der Waals surface area contributed by atoms with Crippen LogP contribution in [0, 0.1) is 5.82 Å². The van der Waals surface area contributed by atoms with Crippen LogP contribution in [0.1, 0.15) is 17.2 Å². The lowest BCUT2D eigenvalue weighted by Gasteiger charge is -2.18. The number of rotatable bonds is 3. The molecular weight excluding hydrogens is 274 g/mol. The van der Waals surface area contributed by atoms with Gasteiger partial charge in [0.2, 0.25) is 0 Å². The lowest BCUT2D eigenvalue weighted by atomic mass is 10.0. The van der Waals surface area contributed by atoms with Gasteiger partial charge in [-0.1, -0.05) is 29.3 Å². The van der Waals surface area contributed by atoms with Crippen molar-refractivity contribution in [2.45, 2.75) is 6.04 Å². The van der Waals surface area contributed by atoms with E-state index in [0.29, 0.717) is 15.6 Å². The molecule has 1 aromatic carbocycles. The van der Waals surface area contributed by atoms with Crippen molar-refractivity contribution in [3.05, 3.63) is 63.6 Å². The minimum atomic E-state index is -0.377. The maximum Gasteiger partial charge on any atom is 0.141 e. The Labute approximate surface area is 115 Å². The average Bonchev–Trinajstić information content (AvgIpc) is 2.33. The molecule has 0 bridgehead atoms. The molecule has 1 unspecified atom stereocenters. The molecule has 0 spiro atoms. The summed E-state index contributed by atoms with van der Waals surface area (Å²) in [6.45, 7) is 0. The summed E-state index contributed by atoms with van der Waals surface area (Å²) in [5.74, 6) is -0.377. The summed E-state index contributed by atoms with van der Waals surface area (Å²) >= 11 is 12.0. The van der Waals surface area contributed by atoms with Crippen molar-refractivity contribution in [3.8, 4) is 0 Å². The molecule has 0 aliphatic carbocycles. The fraction of sp³-hybridized carbons (Fsp3) is 0.154. The van der Waals surface area contributed by atoms with Crippen molar-refractivity contribution in [3.63, 3.8) is 0 Å². The van der Waals surface area contributed by atoms with E-state index in [-0.39, 0.29) is 11.9 Å². The topological polar surface area (TPSA) is 24.9 Å². The SMILES string of the molecule is CNC(c1cncc(F)c1)c1ccc(Cl)cc1Cl.